The number of nitrogens with two attached hydrogens (primary N) is 2. The van der Waals surface area contributed by atoms with E-state index in [9.17, 15) is 18.0 Å². The number of anilines is 1. The molecular formula is C21H19ClN4O4S2+2. The second-order valence-electron chi connectivity index (χ2n) is 7.30. The molecule has 2 aromatic carbocycles. The van der Waals surface area contributed by atoms with Gasteiger partial charge in [0.1, 0.15) is 5.69 Å². The van der Waals surface area contributed by atoms with Crippen LogP contribution in [0.3, 0.4) is 0 Å². The van der Waals surface area contributed by atoms with E-state index in [-0.39, 0.29) is 22.0 Å². The monoisotopic (exact) mass is 490 g/mol. The molecule has 0 radical (unpaired) electrons. The van der Waals surface area contributed by atoms with E-state index in [1.807, 2.05) is 6.92 Å². The number of hydrogen-bond donors (Lipinski definition) is 3. The van der Waals surface area contributed by atoms with Crippen molar-refractivity contribution in [1.29, 1.82) is 0 Å². The van der Waals surface area contributed by atoms with Gasteiger partial charge in [0.15, 0.2) is 4.21 Å². The second-order valence-corrected chi connectivity index (χ2v) is 11.0. The number of benzene rings is 2. The average Bonchev–Trinajstić information content (AvgIpc) is 3.25. The van der Waals surface area contributed by atoms with Crippen molar-refractivity contribution in [3.63, 3.8) is 0 Å². The molecule has 1 aromatic heterocycles. The number of imide groups is 1. The minimum atomic E-state index is -3.75. The van der Waals surface area contributed by atoms with Crippen LogP contribution in [0, 0.1) is 13.8 Å². The standard InChI is InChI=1S/C21H17ClN4O4S2/c1-11-3-5-14-15(9-11)20(28)26(19(14)27)16-6-4-13(10-12(16)2)24-21(23)25-32(29,30)18-8-7-17(22)31-18/h3-10H,1-2H3,(H3,23,24,25)/p+2. The van der Waals surface area contributed by atoms with E-state index in [0.717, 1.165) is 26.5 Å². The molecule has 1 aliphatic heterocycles. The Kier molecular flexibility index (Phi) is 5.63. The molecule has 0 spiro atoms. The first-order chi connectivity index (χ1) is 15.1. The molecule has 3 aromatic rings. The summed E-state index contributed by atoms with van der Waals surface area (Å²) in [5.74, 6) is -0.843. The minimum absolute atomic E-state index is 0.0830. The first-order valence-electron chi connectivity index (χ1n) is 9.41. The summed E-state index contributed by atoms with van der Waals surface area (Å²) in [6, 6.07) is 13.0. The third-order valence-electron chi connectivity index (χ3n) is 4.88. The number of nitrogens with zero attached hydrogens (tertiary/aromatic N) is 1. The second kappa shape index (κ2) is 8.14. The summed E-state index contributed by atoms with van der Waals surface area (Å²) >= 11 is 6.75. The number of halogens is 1. The van der Waals surface area contributed by atoms with Gasteiger partial charge < -0.3 is 0 Å². The molecule has 0 aliphatic carbocycles. The van der Waals surface area contributed by atoms with Crippen molar-refractivity contribution in [2.45, 2.75) is 18.1 Å². The summed E-state index contributed by atoms with van der Waals surface area (Å²) in [5, 5.41) is 0. The summed E-state index contributed by atoms with van der Waals surface area (Å²) in [6.45, 7) is 3.61. The molecule has 0 fully saturated rings. The number of quaternary nitrogens is 1. The SMILES string of the molecule is Cc1ccc2c(c1)C(=O)N(c1ccc([NH+]=C(N)[NH2+]S(=O)(=O)c3ccc(Cl)s3)cc1C)C2=O. The van der Waals surface area contributed by atoms with Crippen molar-refractivity contribution >= 4 is 62.1 Å². The fraction of sp³-hybridized carbons (Fsp3) is 0.0952. The van der Waals surface area contributed by atoms with Gasteiger partial charge in [-0.25, -0.2) is 10.6 Å². The van der Waals surface area contributed by atoms with Crippen LogP contribution in [-0.4, -0.2) is 26.2 Å². The Bertz CT molecular complexity index is 1410. The lowest BCUT2D eigenvalue weighted by atomic mass is 10.1. The van der Waals surface area contributed by atoms with Crippen LogP contribution < -0.4 is 20.3 Å². The van der Waals surface area contributed by atoms with Crippen LogP contribution in [0.5, 0.6) is 0 Å². The molecule has 0 saturated heterocycles. The fourth-order valence-corrected chi connectivity index (χ4v) is 5.99. The summed E-state index contributed by atoms with van der Waals surface area (Å²) in [4.78, 5) is 29.6. The number of aryl methyl sites for hydroxylation is 2. The van der Waals surface area contributed by atoms with E-state index >= 15 is 0 Å². The number of fused-ring (bicyclic) bond motifs is 1. The largest absolute Gasteiger partial charge is 0.457 e. The number of rotatable bonds is 4. The Labute approximate surface area is 193 Å². The maximum absolute atomic E-state index is 12.9. The number of guanidine groups is 1. The predicted octanol–water partition coefficient (Wildman–Crippen LogP) is 0.798. The molecular weight excluding hydrogens is 472 g/mol. The zero-order valence-electron chi connectivity index (χ0n) is 17.0. The molecule has 0 bridgehead atoms. The maximum Gasteiger partial charge on any atom is 0.457 e. The van der Waals surface area contributed by atoms with Crippen molar-refractivity contribution in [2.75, 3.05) is 4.90 Å². The van der Waals surface area contributed by atoms with E-state index in [1.165, 1.54) is 12.1 Å². The molecule has 0 unspecified atom stereocenters. The highest BCUT2D eigenvalue weighted by atomic mass is 35.5. The maximum atomic E-state index is 12.9. The van der Waals surface area contributed by atoms with Crippen LogP contribution in [0.25, 0.3) is 0 Å². The zero-order chi connectivity index (χ0) is 23.2. The van der Waals surface area contributed by atoms with Gasteiger partial charge in [0.05, 0.1) is 21.2 Å². The summed E-state index contributed by atoms with van der Waals surface area (Å²) in [6.07, 6.45) is 0. The predicted molar refractivity (Wildman–Crippen MR) is 122 cm³/mol. The Morgan fingerprint density at radius 2 is 1.75 bits per heavy atom. The lowest BCUT2D eigenvalue weighted by molar-refractivity contribution is -0.478. The van der Waals surface area contributed by atoms with Crippen LogP contribution in [0.15, 0.2) is 52.7 Å². The molecule has 32 heavy (non-hydrogen) atoms. The minimum Gasteiger partial charge on any atom is -0.268 e. The van der Waals surface area contributed by atoms with Gasteiger partial charge in [0.25, 0.3) is 11.8 Å². The molecule has 11 heteroatoms. The van der Waals surface area contributed by atoms with E-state index in [0.29, 0.717) is 32.4 Å². The number of carbonyl (C=O) groups is 2. The number of sulfonamides is 1. The Hall–Kier alpha value is -3.05. The van der Waals surface area contributed by atoms with Crippen molar-refractivity contribution < 1.29 is 27.7 Å². The highest BCUT2D eigenvalue weighted by Gasteiger charge is 2.37. The lowest BCUT2D eigenvalue weighted by Crippen LogP contribution is -3.02. The van der Waals surface area contributed by atoms with Crippen LogP contribution in [0.2, 0.25) is 4.34 Å². The van der Waals surface area contributed by atoms with Gasteiger partial charge in [0, 0.05) is 0 Å². The number of amides is 2. The Morgan fingerprint density at radius 1 is 1.03 bits per heavy atom. The van der Waals surface area contributed by atoms with Crippen molar-refractivity contribution in [3.8, 4) is 0 Å². The zero-order valence-corrected chi connectivity index (χ0v) is 19.4. The summed E-state index contributed by atoms with van der Waals surface area (Å²) in [5.41, 5.74) is 9.12. The first kappa shape index (κ1) is 22.2. The van der Waals surface area contributed by atoms with Crippen molar-refractivity contribution in [3.05, 3.63) is 75.1 Å². The number of nitrogens with one attached hydrogen (secondary N) is 1. The quantitative estimate of drug-likeness (QED) is 0.283. The summed E-state index contributed by atoms with van der Waals surface area (Å²) in [7, 11) is -3.75. The molecule has 1 aliphatic rings. The molecule has 0 atom stereocenters. The van der Waals surface area contributed by atoms with E-state index in [2.05, 4.69) is 4.99 Å². The van der Waals surface area contributed by atoms with Gasteiger partial charge in [-0.1, -0.05) is 23.2 Å². The number of thiophene rings is 1. The third-order valence-corrected chi connectivity index (χ3v) is 8.11. The van der Waals surface area contributed by atoms with Gasteiger partial charge >= 0.3 is 16.0 Å². The number of carbonyl (C=O) groups excluding carboxylic acids is 2. The highest BCUT2D eigenvalue weighted by Crippen LogP contribution is 2.31. The molecule has 164 valence electrons. The van der Waals surface area contributed by atoms with Crippen LogP contribution in [0.4, 0.5) is 11.4 Å². The average molecular weight is 491 g/mol. The number of primary sulfonamides is 1. The molecule has 2 heterocycles. The van der Waals surface area contributed by atoms with Gasteiger partial charge in [0.2, 0.25) is 0 Å². The van der Waals surface area contributed by atoms with E-state index in [1.54, 1.807) is 43.3 Å². The number of hydrogen-bond acceptors (Lipinski definition) is 5. The highest BCUT2D eigenvalue weighted by molar-refractivity contribution is 7.87. The molecule has 8 nitrogen and oxygen atoms in total. The fourth-order valence-electron chi connectivity index (χ4n) is 3.43. The summed E-state index contributed by atoms with van der Waals surface area (Å²) < 4.78 is 26.2. The lowest BCUT2D eigenvalue weighted by Gasteiger charge is -2.16. The van der Waals surface area contributed by atoms with Crippen molar-refractivity contribution in [1.82, 2.24) is 0 Å². The van der Waals surface area contributed by atoms with Crippen LogP contribution in [0.1, 0.15) is 31.8 Å². The first-order valence-corrected chi connectivity index (χ1v) is 12.2. The van der Waals surface area contributed by atoms with Crippen LogP contribution >= 0.6 is 22.9 Å². The van der Waals surface area contributed by atoms with Crippen LogP contribution in [-0.2, 0) is 10.0 Å². The van der Waals surface area contributed by atoms with E-state index in [4.69, 9.17) is 17.3 Å². The normalized spacial score (nSPS) is 14.2. The topological polar surface area (TPSA) is 128 Å². The Balaban J connectivity index is 1.59. The smallest absolute Gasteiger partial charge is 0.268 e. The molecule has 5 N–H and O–H groups in total. The van der Waals surface area contributed by atoms with Gasteiger partial charge in [-0.05, 0) is 61.9 Å². The van der Waals surface area contributed by atoms with E-state index < -0.39 is 10.0 Å². The van der Waals surface area contributed by atoms with Gasteiger partial charge in [-0.3, -0.25) is 9.59 Å². The Morgan fingerprint density at radius 3 is 2.41 bits per heavy atom. The van der Waals surface area contributed by atoms with Crippen molar-refractivity contribution in [2.24, 2.45) is 5.73 Å². The third kappa shape index (κ3) is 4.05. The van der Waals surface area contributed by atoms with Gasteiger partial charge in [-0.15, -0.1) is 16.1 Å². The molecule has 4 rings (SSSR count). The molecule has 2 amide bonds. The molecule has 0 saturated carbocycles. The van der Waals surface area contributed by atoms with Gasteiger partial charge in [-0.2, -0.15) is 13.4 Å².